The molecule has 0 fully saturated rings. The topological polar surface area (TPSA) is 76.2 Å². The fourth-order valence-electron chi connectivity index (χ4n) is 1.27. The zero-order valence-electron chi connectivity index (χ0n) is 9.27. The average molecular weight is 228 g/mol. The van der Waals surface area contributed by atoms with Crippen molar-refractivity contribution in [1.29, 1.82) is 0 Å². The van der Waals surface area contributed by atoms with Gasteiger partial charge in [0.25, 0.3) is 0 Å². The van der Waals surface area contributed by atoms with E-state index in [1.54, 1.807) is 24.3 Å². The molecule has 0 aliphatic carbocycles. The minimum absolute atomic E-state index is 0. The Labute approximate surface area is 130 Å². The van der Waals surface area contributed by atoms with Gasteiger partial charge in [-0.15, -0.1) is 0 Å². The van der Waals surface area contributed by atoms with Crippen molar-refractivity contribution in [1.82, 2.24) is 4.98 Å². The van der Waals surface area contributed by atoms with E-state index in [-0.39, 0.29) is 58.4 Å². The molecule has 1 aromatic carbocycles. The Morgan fingerprint density at radius 2 is 2.07 bits per heavy atom. The first-order valence-electron chi connectivity index (χ1n) is 4.06. The van der Waals surface area contributed by atoms with E-state index in [1.165, 1.54) is 6.07 Å². The summed E-state index contributed by atoms with van der Waals surface area (Å²) in [5, 5.41) is 9.53. The van der Waals surface area contributed by atoms with Gasteiger partial charge in [-0.1, -0.05) is 0 Å². The number of aromatic nitrogens is 1. The Hall–Kier alpha value is -0.464. The third-order valence-electron chi connectivity index (χ3n) is 1.96. The third kappa shape index (κ3) is 2.76. The van der Waals surface area contributed by atoms with Gasteiger partial charge >= 0.3 is 57.4 Å². The number of nitrogen functional groups attached to an aromatic ring is 1. The zero-order chi connectivity index (χ0) is 10.1. The van der Waals surface area contributed by atoms with Crippen molar-refractivity contribution in [2.45, 2.75) is 0 Å². The van der Waals surface area contributed by atoms with Crippen LogP contribution in [0.25, 0.3) is 10.9 Å². The van der Waals surface area contributed by atoms with E-state index in [9.17, 15) is 4.79 Å². The number of anilines is 1. The summed E-state index contributed by atoms with van der Waals surface area (Å²) in [6.07, 6.45) is 0. The van der Waals surface area contributed by atoms with Gasteiger partial charge in [0.2, 0.25) is 0 Å². The molecule has 0 saturated heterocycles. The second kappa shape index (κ2) is 5.04. The van der Waals surface area contributed by atoms with E-state index in [4.69, 9.17) is 10.8 Å². The molecule has 0 unspecified atom stereocenters. The van der Waals surface area contributed by atoms with Crippen LogP contribution in [0, 0.1) is 0 Å². The fraction of sp³-hybridized carbons (Fsp3) is 0. The van der Waals surface area contributed by atoms with E-state index in [0.29, 0.717) is 11.3 Å². The van der Waals surface area contributed by atoms with Crippen LogP contribution in [0.15, 0.2) is 30.3 Å². The third-order valence-corrected chi connectivity index (χ3v) is 1.96. The minimum atomic E-state index is -0.941. The van der Waals surface area contributed by atoms with Gasteiger partial charge in [-0.3, -0.25) is 0 Å². The standard InChI is InChI=1S/C10H8N2O2.K.H/c11-9-4-2-6-5-7(10(13)14)1-3-8(6)12-9;;/h1-5H,(H2,11,12)(H,13,14);;/q;+1;-1. The summed E-state index contributed by atoms with van der Waals surface area (Å²) >= 11 is 0. The minimum Gasteiger partial charge on any atom is -1.00 e. The molecule has 0 bridgehead atoms. The molecule has 5 heteroatoms. The summed E-state index contributed by atoms with van der Waals surface area (Å²) in [6.45, 7) is 0. The molecular formula is C10H9KN2O2. The number of carboxylic acids is 1. The summed E-state index contributed by atoms with van der Waals surface area (Å²) in [6, 6.07) is 8.13. The van der Waals surface area contributed by atoms with Crippen molar-refractivity contribution in [3.05, 3.63) is 35.9 Å². The molecule has 1 heterocycles. The van der Waals surface area contributed by atoms with Crippen molar-refractivity contribution in [2.24, 2.45) is 0 Å². The quantitative estimate of drug-likeness (QED) is 0.591. The predicted octanol–water partition coefficient (Wildman–Crippen LogP) is -1.37. The van der Waals surface area contributed by atoms with Gasteiger partial charge in [0.05, 0.1) is 11.1 Å². The monoisotopic (exact) mass is 228 g/mol. The molecule has 0 saturated carbocycles. The maximum atomic E-state index is 10.7. The van der Waals surface area contributed by atoms with Crippen molar-refractivity contribution in [3.8, 4) is 0 Å². The number of pyridine rings is 1. The number of hydrogen-bond donors (Lipinski definition) is 2. The van der Waals surface area contributed by atoms with E-state index in [0.717, 1.165) is 5.39 Å². The van der Waals surface area contributed by atoms with E-state index in [2.05, 4.69) is 4.98 Å². The zero-order valence-corrected chi connectivity index (χ0v) is 11.4. The van der Waals surface area contributed by atoms with Crippen LogP contribution in [0.5, 0.6) is 0 Å². The molecule has 1 aromatic heterocycles. The Bertz CT molecular complexity index is 519. The number of aromatic carboxylic acids is 1. The molecule has 4 nitrogen and oxygen atoms in total. The van der Waals surface area contributed by atoms with Crippen LogP contribution in [-0.2, 0) is 0 Å². The van der Waals surface area contributed by atoms with E-state index < -0.39 is 5.97 Å². The number of hydrogen-bond acceptors (Lipinski definition) is 3. The molecule has 2 rings (SSSR count). The smallest absolute Gasteiger partial charge is 1.00 e. The van der Waals surface area contributed by atoms with E-state index in [1.807, 2.05) is 0 Å². The maximum absolute atomic E-state index is 10.7. The second-order valence-corrected chi connectivity index (χ2v) is 2.95. The van der Waals surface area contributed by atoms with Crippen molar-refractivity contribution >= 4 is 22.7 Å². The first kappa shape index (κ1) is 12.6. The van der Waals surface area contributed by atoms with Crippen LogP contribution in [0.1, 0.15) is 11.8 Å². The number of rotatable bonds is 1. The fourth-order valence-corrected chi connectivity index (χ4v) is 1.27. The first-order chi connectivity index (χ1) is 6.66. The van der Waals surface area contributed by atoms with Crippen LogP contribution in [0.3, 0.4) is 0 Å². The predicted molar refractivity (Wildman–Crippen MR) is 54.2 cm³/mol. The van der Waals surface area contributed by atoms with Crippen LogP contribution in [0.2, 0.25) is 0 Å². The molecule has 72 valence electrons. The van der Waals surface area contributed by atoms with Crippen LogP contribution in [-0.4, -0.2) is 16.1 Å². The number of fused-ring (bicyclic) bond motifs is 1. The largest absolute Gasteiger partial charge is 1.00 e. The first-order valence-corrected chi connectivity index (χ1v) is 4.06. The molecule has 0 aliphatic heterocycles. The second-order valence-electron chi connectivity index (χ2n) is 2.95. The number of nitrogens with zero attached hydrogens (tertiary/aromatic N) is 1. The molecule has 0 aliphatic rings. The number of carboxylic acid groups (broad SMARTS) is 1. The summed E-state index contributed by atoms with van der Waals surface area (Å²) < 4.78 is 0. The van der Waals surface area contributed by atoms with Gasteiger partial charge in [-0.25, -0.2) is 9.78 Å². The molecule has 0 spiro atoms. The summed E-state index contributed by atoms with van der Waals surface area (Å²) in [4.78, 5) is 14.7. The number of nitrogens with two attached hydrogens (primary N) is 1. The molecule has 0 radical (unpaired) electrons. The van der Waals surface area contributed by atoms with Gasteiger partial charge < -0.3 is 12.3 Å². The molecule has 3 N–H and O–H groups in total. The summed E-state index contributed by atoms with van der Waals surface area (Å²) in [5.74, 6) is -0.510. The molecule has 2 aromatic rings. The summed E-state index contributed by atoms with van der Waals surface area (Å²) in [5.41, 5.74) is 6.45. The average Bonchev–Trinajstić information content (AvgIpc) is 2.16. The SMILES string of the molecule is Nc1ccc2cc(C(=O)O)ccc2n1.[H-].[K+]. The normalized spacial score (nSPS) is 9.60. The van der Waals surface area contributed by atoms with Gasteiger partial charge in [0, 0.05) is 5.39 Å². The van der Waals surface area contributed by atoms with E-state index >= 15 is 0 Å². The van der Waals surface area contributed by atoms with Gasteiger partial charge in [0.1, 0.15) is 5.82 Å². The van der Waals surface area contributed by atoms with Crippen molar-refractivity contribution < 1.29 is 62.7 Å². The Kier molecular flexibility index (Phi) is 4.24. The molecule has 15 heavy (non-hydrogen) atoms. The van der Waals surface area contributed by atoms with Crippen LogP contribution < -0.4 is 57.1 Å². The summed E-state index contributed by atoms with van der Waals surface area (Å²) in [7, 11) is 0. The van der Waals surface area contributed by atoms with Crippen molar-refractivity contribution in [2.75, 3.05) is 5.73 Å². The Balaban J connectivity index is 0.00000112. The molecule has 0 amide bonds. The number of carbonyl (C=O) groups is 1. The maximum Gasteiger partial charge on any atom is 1.00 e. The molecule has 0 atom stereocenters. The van der Waals surface area contributed by atoms with Crippen LogP contribution >= 0.6 is 0 Å². The Morgan fingerprint density at radius 1 is 1.33 bits per heavy atom. The van der Waals surface area contributed by atoms with Crippen molar-refractivity contribution in [3.63, 3.8) is 0 Å². The van der Waals surface area contributed by atoms with Crippen LogP contribution in [0.4, 0.5) is 5.82 Å². The molecular weight excluding hydrogens is 219 g/mol. The van der Waals surface area contributed by atoms with Gasteiger partial charge in [0.15, 0.2) is 0 Å². The number of benzene rings is 1. The Morgan fingerprint density at radius 3 is 2.73 bits per heavy atom. The van der Waals surface area contributed by atoms with Gasteiger partial charge in [-0.2, -0.15) is 0 Å². The van der Waals surface area contributed by atoms with Gasteiger partial charge in [-0.05, 0) is 30.3 Å².